The van der Waals surface area contributed by atoms with Crippen molar-refractivity contribution in [1.29, 1.82) is 0 Å². The van der Waals surface area contributed by atoms with Crippen molar-refractivity contribution >= 4 is 17.9 Å². The number of benzene rings is 2. The van der Waals surface area contributed by atoms with E-state index in [-0.39, 0.29) is 17.5 Å². The largest absolute Gasteiger partial charge is 0.481 e. The highest BCUT2D eigenvalue weighted by Gasteiger charge is 2.14. The fourth-order valence-corrected chi connectivity index (χ4v) is 3.10. The Balaban J connectivity index is 1.63. The van der Waals surface area contributed by atoms with Gasteiger partial charge in [0.1, 0.15) is 5.70 Å². The van der Waals surface area contributed by atoms with Gasteiger partial charge in [-0.3, -0.25) is 9.59 Å². The lowest BCUT2D eigenvalue weighted by Crippen LogP contribution is -2.35. The molecular formula is C26H27N3O3. The van der Waals surface area contributed by atoms with E-state index in [0.29, 0.717) is 23.6 Å². The average Bonchev–Trinajstić information content (AvgIpc) is 2.85. The van der Waals surface area contributed by atoms with Gasteiger partial charge in [-0.1, -0.05) is 48.5 Å². The number of methoxy groups -OCH3 is 1. The van der Waals surface area contributed by atoms with E-state index in [1.165, 1.54) is 12.7 Å². The summed E-state index contributed by atoms with van der Waals surface area (Å²) in [5, 5.41) is 5.63. The SMILES string of the molecule is COc1ccc(/C=C(/NC(=O)c2ccccc2)C(=O)NCCCCc2ccccc2)cn1. The first-order valence-electron chi connectivity index (χ1n) is 10.6. The number of hydrogen-bond acceptors (Lipinski definition) is 4. The molecule has 0 bridgehead atoms. The van der Waals surface area contributed by atoms with Crippen molar-refractivity contribution in [2.75, 3.05) is 13.7 Å². The number of aryl methyl sites for hydroxylation is 1. The number of aromatic nitrogens is 1. The third-order valence-electron chi connectivity index (χ3n) is 4.83. The van der Waals surface area contributed by atoms with Crippen LogP contribution in [0.1, 0.15) is 34.3 Å². The van der Waals surface area contributed by atoms with E-state index in [1.807, 2.05) is 24.3 Å². The van der Waals surface area contributed by atoms with Crippen LogP contribution in [0.4, 0.5) is 0 Å². The maximum Gasteiger partial charge on any atom is 0.267 e. The van der Waals surface area contributed by atoms with Crippen molar-refractivity contribution in [3.05, 3.63) is 101 Å². The van der Waals surface area contributed by atoms with Crippen LogP contribution in [-0.4, -0.2) is 30.5 Å². The molecule has 0 saturated heterocycles. The van der Waals surface area contributed by atoms with Crippen LogP contribution in [0.5, 0.6) is 5.88 Å². The highest BCUT2D eigenvalue weighted by atomic mass is 16.5. The van der Waals surface area contributed by atoms with Crippen molar-refractivity contribution in [3.63, 3.8) is 0 Å². The quantitative estimate of drug-likeness (QED) is 0.377. The van der Waals surface area contributed by atoms with E-state index < -0.39 is 0 Å². The van der Waals surface area contributed by atoms with Gasteiger partial charge in [0.15, 0.2) is 0 Å². The lowest BCUT2D eigenvalue weighted by atomic mass is 10.1. The van der Waals surface area contributed by atoms with Crippen molar-refractivity contribution in [2.24, 2.45) is 0 Å². The van der Waals surface area contributed by atoms with E-state index in [4.69, 9.17) is 4.74 Å². The Bertz CT molecular complexity index is 1030. The van der Waals surface area contributed by atoms with Crippen molar-refractivity contribution in [3.8, 4) is 5.88 Å². The molecule has 2 amide bonds. The Morgan fingerprint density at radius 2 is 1.66 bits per heavy atom. The Morgan fingerprint density at radius 1 is 0.938 bits per heavy atom. The predicted molar refractivity (Wildman–Crippen MR) is 125 cm³/mol. The monoisotopic (exact) mass is 429 g/mol. The number of nitrogens with one attached hydrogen (secondary N) is 2. The number of pyridine rings is 1. The zero-order valence-electron chi connectivity index (χ0n) is 18.1. The third kappa shape index (κ3) is 7.09. The Hall–Kier alpha value is -3.93. The summed E-state index contributed by atoms with van der Waals surface area (Å²) >= 11 is 0. The standard InChI is InChI=1S/C26H27N3O3/c1-32-24-16-15-21(19-28-24)18-23(29-25(30)22-13-6-3-7-14-22)26(31)27-17-9-8-12-20-10-4-2-5-11-20/h2-7,10-11,13-16,18-19H,8-9,12,17H2,1H3,(H,27,31)(H,29,30)/b23-18+. The molecule has 1 heterocycles. The summed E-state index contributed by atoms with van der Waals surface area (Å²) < 4.78 is 5.07. The molecule has 1 aromatic heterocycles. The molecule has 0 saturated carbocycles. The second-order valence-corrected chi connectivity index (χ2v) is 7.21. The van der Waals surface area contributed by atoms with Crippen molar-refractivity contribution in [1.82, 2.24) is 15.6 Å². The highest BCUT2D eigenvalue weighted by Crippen LogP contribution is 2.11. The molecule has 3 rings (SSSR count). The molecule has 2 aromatic carbocycles. The first-order chi connectivity index (χ1) is 15.7. The van der Waals surface area contributed by atoms with Crippen LogP contribution in [0.3, 0.4) is 0 Å². The molecular weight excluding hydrogens is 402 g/mol. The molecule has 0 fully saturated rings. The van der Waals surface area contributed by atoms with E-state index >= 15 is 0 Å². The maximum absolute atomic E-state index is 12.8. The Morgan fingerprint density at radius 3 is 2.31 bits per heavy atom. The first-order valence-corrected chi connectivity index (χ1v) is 10.6. The van der Waals surface area contributed by atoms with Gasteiger partial charge < -0.3 is 15.4 Å². The minimum Gasteiger partial charge on any atom is -0.481 e. The van der Waals surface area contributed by atoms with E-state index in [0.717, 1.165) is 19.3 Å². The Labute approximate surface area is 188 Å². The van der Waals surface area contributed by atoms with Gasteiger partial charge in [0.05, 0.1) is 7.11 Å². The minimum absolute atomic E-state index is 0.161. The molecule has 0 spiro atoms. The number of carbonyl (C=O) groups excluding carboxylic acids is 2. The van der Waals surface area contributed by atoms with Gasteiger partial charge in [0.25, 0.3) is 11.8 Å². The van der Waals surface area contributed by atoms with E-state index in [1.54, 1.807) is 48.7 Å². The van der Waals surface area contributed by atoms with Crippen molar-refractivity contribution in [2.45, 2.75) is 19.3 Å². The fourth-order valence-electron chi connectivity index (χ4n) is 3.10. The van der Waals surface area contributed by atoms with Crippen LogP contribution in [0.2, 0.25) is 0 Å². The number of carbonyl (C=O) groups is 2. The molecule has 0 aliphatic rings. The van der Waals surface area contributed by atoms with Gasteiger partial charge in [-0.2, -0.15) is 0 Å². The van der Waals surface area contributed by atoms with Gasteiger partial charge in [-0.25, -0.2) is 4.98 Å². The summed E-state index contributed by atoms with van der Waals surface area (Å²) in [5.41, 5.74) is 2.59. The van der Waals surface area contributed by atoms with Gasteiger partial charge in [0.2, 0.25) is 5.88 Å². The molecule has 0 aliphatic carbocycles. The van der Waals surface area contributed by atoms with Crippen molar-refractivity contribution < 1.29 is 14.3 Å². The summed E-state index contributed by atoms with van der Waals surface area (Å²) in [6.45, 7) is 0.519. The lowest BCUT2D eigenvalue weighted by Gasteiger charge is -2.11. The maximum atomic E-state index is 12.8. The summed E-state index contributed by atoms with van der Waals surface area (Å²) in [5.74, 6) is -0.220. The number of hydrogen-bond donors (Lipinski definition) is 2. The molecule has 6 heteroatoms. The van der Waals surface area contributed by atoms with Gasteiger partial charge in [0, 0.05) is 24.4 Å². The van der Waals surface area contributed by atoms with Crippen LogP contribution in [0, 0.1) is 0 Å². The molecule has 0 unspecified atom stereocenters. The third-order valence-corrected chi connectivity index (χ3v) is 4.83. The van der Waals surface area contributed by atoms with Gasteiger partial charge in [-0.05, 0) is 54.7 Å². The number of amides is 2. The summed E-state index contributed by atoms with van der Waals surface area (Å²) in [4.78, 5) is 29.6. The zero-order valence-corrected chi connectivity index (χ0v) is 18.1. The normalized spacial score (nSPS) is 11.0. The molecule has 6 nitrogen and oxygen atoms in total. The Kier molecular flexibility index (Phi) is 8.57. The molecule has 0 atom stereocenters. The molecule has 2 N–H and O–H groups in total. The predicted octanol–water partition coefficient (Wildman–Crippen LogP) is 4.00. The molecule has 3 aromatic rings. The lowest BCUT2D eigenvalue weighted by molar-refractivity contribution is -0.117. The summed E-state index contributed by atoms with van der Waals surface area (Å²) in [6.07, 6.45) is 5.95. The minimum atomic E-state index is -0.349. The second kappa shape index (κ2) is 12.1. The van der Waals surface area contributed by atoms with Crippen LogP contribution >= 0.6 is 0 Å². The summed E-state index contributed by atoms with van der Waals surface area (Å²) in [7, 11) is 1.54. The van der Waals surface area contributed by atoms with Crippen LogP contribution < -0.4 is 15.4 Å². The highest BCUT2D eigenvalue weighted by molar-refractivity contribution is 6.05. The molecule has 32 heavy (non-hydrogen) atoms. The number of unbranched alkanes of at least 4 members (excludes halogenated alkanes) is 1. The van der Waals surface area contributed by atoms with E-state index in [2.05, 4.69) is 27.8 Å². The molecule has 0 aliphatic heterocycles. The van der Waals surface area contributed by atoms with Crippen LogP contribution in [-0.2, 0) is 11.2 Å². The molecule has 164 valence electrons. The topological polar surface area (TPSA) is 80.3 Å². The fraction of sp³-hybridized carbons (Fsp3) is 0.192. The molecule has 0 radical (unpaired) electrons. The van der Waals surface area contributed by atoms with Gasteiger partial charge >= 0.3 is 0 Å². The van der Waals surface area contributed by atoms with E-state index in [9.17, 15) is 9.59 Å². The first kappa shape index (κ1) is 22.7. The number of ether oxygens (including phenoxy) is 1. The summed E-state index contributed by atoms with van der Waals surface area (Å²) in [6, 6.07) is 22.5. The smallest absolute Gasteiger partial charge is 0.267 e. The number of nitrogens with zero attached hydrogens (tertiary/aromatic N) is 1. The average molecular weight is 430 g/mol. The van der Waals surface area contributed by atoms with Crippen LogP contribution in [0.15, 0.2) is 84.7 Å². The zero-order chi connectivity index (χ0) is 22.6. The van der Waals surface area contributed by atoms with Crippen LogP contribution in [0.25, 0.3) is 6.08 Å². The number of rotatable bonds is 10. The van der Waals surface area contributed by atoms with Gasteiger partial charge in [-0.15, -0.1) is 0 Å². The second-order valence-electron chi connectivity index (χ2n) is 7.21.